The molecule has 0 N–H and O–H groups in total. The average Bonchev–Trinajstić information content (AvgIpc) is 2.74. The first-order chi connectivity index (χ1) is 9.42. The highest BCUT2D eigenvalue weighted by Gasteiger charge is 2.38. The lowest BCUT2D eigenvalue weighted by molar-refractivity contribution is 0.183. The minimum Gasteiger partial charge on any atom is -0.106 e. The molecule has 0 aromatic heterocycles. The van der Waals surface area contributed by atoms with Crippen LogP contribution in [-0.2, 0) is 0 Å². The summed E-state index contributed by atoms with van der Waals surface area (Å²) in [5.74, 6) is 3.67. The van der Waals surface area contributed by atoms with E-state index in [0.717, 1.165) is 23.7 Å². The average molecular weight is 277 g/mol. The molecule has 0 aromatic carbocycles. The highest BCUT2D eigenvalue weighted by molar-refractivity contribution is 5.17. The van der Waals surface area contributed by atoms with Crippen molar-refractivity contribution in [1.29, 1.82) is 0 Å². The molecule has 1 saturated carbocycles. The summed E-state index contributed by atoms with van der Waals surface area (Å²) in [6, 6.07) is 0. The maximum Gasteiger partial charge on any atom is -0.0172 e. The fraction of sp³-hybridized carbons (Fsp3) is 0.800. The van der Waals surface area contributed by atoms with Gasteiger partial charge >= 0.3 is 0 Å². The third-order valence-corrected chi connectivity index (χ3v) is 6.09. The summed E-state index contributed by atoms with van der Waals surface area (Å²) in [6.07, 6.45) is 11.1. The van der Waals surface area contributed by atoms with E-state index in [4.69, 9.17) is 0 Å². The Kier molecular flexibility index (Phi) is 6.55. The normalized spacial score (nSPS) is 29.5. The van der Waals surface area contributed by atoms with Gasteiger partial charge in [-0.15, -0.1) is 13.2 Å². The van der Waals surface area contributed by atoms with Gasteiger partial charge in [-0.25, -0.2) is 0 Å². The molecule has 3 atom stereocenters. The molecule has 0 nitrogen and oxygen atoms in total. The summed E-state index contributed by atoms with van der Waals surface area (Å²) in [5, 5.41) is 0. The van der Waals surface area contributed by atoms with E-state index < -0.39 is 0 Å². The molecule has 0 spiro atoms. The van der Waals surface area contributed by atoms with Crippen LogP contribution in [-0.4, -0.2) is 0 Å². The van der Waals surface area contributed by atoms with E-state index in [1.54, 1.807) is 0 Å². The van der Waals surface area contributed by atoms with Crippen molar-refractivity contribution in [3.05, 3.63) is 24.8 Å². The molecule has 2 aliphatic rings. The minimum atomic E-state index is 0.515. The van der Waals surface area contributed by atoms with Gasteiger partial charge < -0.3 is 0 Å². The first-order valence-electron chi connectivity index (χ1n) is 8.60. The molecule has 0 heterocycles. The lowest BCUT2D eigenvalue weighted by atomic mass is 9.72. The molecule has 0 radical (unpaired) electrons. The SMILES string of the molecule is C=C.CC1CC2=CCCCC2C1CCC(C)(C)C(C)C. The van der Waals surface area contributed by atoms with Gasteiger partial charge in [0, 0.05) is 0 Å². The number of hydrogen-bond donors (Lipinski definition) is 0. The molecule has 20 heavy (non-hydrogen) atoms. The Morgan fingerprint density at radius 2 is 1.95 bits per heavy atom. The van der Waals surface area contributed by atoms with E-state index in [-0.39, 0.29) is 0 Å². The van der Waals surface area contributed by atoms with Crippen molar-refractivity contribution >= 4 is 0 Å². The van der Waals surface area contributed by atoms with Crippen molar-refractivity contribution < 1.29 is 0 Å². The molecule has 0 aromatic rings. The zero-order valence-electron chi connectivity index (χ0n) is 14.5. The van der Waals surface area contributed by atoms with Crippen LogP contribution in [0.4, 0.5) is 0 Å². The van der Waals surface area contributed by atoms with Gasteiger partial charge in [0.1, 0.15) is 0 Å². The minimum absolute atomic E-state index is 0.515. The second-order valence-corrected chi connectivity index (χ2v) is 7.84. The van der Waals surface area contributed by atoms with E-state index in [1.807, 2.05) is 5.57 Å². The standard InChI is InChI=1S/C18H32.C2H4/c1-13(2)18(4,5)11-10-16-14(3)12-15-8-6-7-9-17(15)16;1-2/h8,13-14,16-17H,6-7,9-12H2,1-5H3;1-2H2. The molecule has 3 unspecified atom stereocenters. The monoisotopic (exact) mass is 276 g/mol. The van der Waals surface area contributed by atoms with Gasteiger partial charge in [0.2, 0.25) is 0 Å². The zero-order valence-corrected chi connectivity index (χ0v) is 14.5. The Balaban J connectivity index is 0.000000956. The Bertz CT molecular complexity index is 321. The maximum absolute atomic E-state index is 3.00. The van der Waals surface area contributed by atoms with Crippen LogP contribution in [0.25, 0.3) is 0 Å². The number of rotatable bonds is 4. The Morgan fingerprint density at radius 1 is 1.30 bits per heavy atom. The molecule has 0 saturated heterocycles. The molecule has 2 aliphatic carbocycles. The third-order valence-electron chi connectivity index (χ3n) is 6.09. The first-order valence-corrected chi connectivity index (χ1v) is 8.60. The zero-order chi connectivity index (χ0) is 15.3. The summed E-state index contributed by atoms with van der Waals surface area (Å²) in [7, 11) is 0. The van der Waals surface area contributed by atoms with Crippen LogP contribution in [0.1, 0.15) is 73.1 Å². The van der Waals surface area contributed by atoms with Crippen molar-refractivity contribution in [3.63, 3.8) is 0 Å². The van der Waals surface area contributed by atoms with Gasteiger partial charge in [0.25, 0.3) is 0 Å². The van der Waals surface area contributed by atoms with E-state index in [9.17, 15) is 0 Å². The molecular weight excluding hydrogens is 240 g/mol. The lowest BCUT2D eigenvalue weighted by Gasteiger charge is -2.33. The Hall–Kier alpha value is -0.520. The van der Waals surface area contributed by atoms with Gasteiger partial charge in [0.05, 0.1) is 0 Å². The summed E-state index contributed by atoms with van der Waals surface area (Å²) in [4.78, 5) is 0. The molecule has 1 fully saturated rings. The van der Waals surface area contributed by atoms with Crippen LogP contribution in [0.2, 0.25) is 0 Å². The first kappa shape index (κ1) is 17.5. The number of fused-ring (bicyclic) bond motifs is 1. The molecule has 2 rings (SSSR count). The molecule has 0 amide bonds. The predicted octanol–water partition coefficient (Wildman–Crippen LogP) is 6.63. The van der Waals surface area contributed by atoms with Gasteiger partial charge in [0.15, 0.2) is 0 Å². The van der Waals surface area contributed by atoms with Crippen molar-refractivity contribution in [1.82, 2.24) is 0 Å². The largest absolute Gasteiger partial charge is 0.106 e. The van der Waals surface area contributed by atoms with Crippen molar-refractivity contribution in [2.75, 3.05) is 0 Å². The van der Waals surface area contributed by atoms with Crippen LogP contribution in [0.5, 0.6) is 0 Å². The Labute approximate surface area is 127 Å². The molecule has 0 bridgehead atoms. The van der Waals surface area contributed by atoms with Crippen LogP contribution in [0.3, 0.4) is 0 Å². The van der Waals surface area contributed by atoms with Crippen molar-refractivity contribution in [3.8, 4) is 0 Å². The molecule has 0 heteroatoms. The molecular formula is C20H36. The van der Waals surface area contributed by atoms with Crippen LogP contribution >= 0.6 is 0 Å². The predicted molar refractivity (Wildman–Crippen MR) is 91.8 cm³/mol. The fourth-order valence-corrected chi connectivity index (χ4v) is 3.92. The van der Waals surface area contributed by atoms with Gasteiger partial charge in [-0.1, -0.05) is 46.3 Å². The summed E-state index contributed by atoms with van der Waals surface area (Å²) < 4.78 is 0. The van der Waals surface area contributed by atoms with Gasteiger partial charge in [-0.2, -0.15) is 0 Å². The maximum atomic E-state index is 3.00. The van der Waals surface area contributed by atoms with E-state index in [0.29, 0.717) is 5.41 Å². The quantitative estimate of drug-likeness (QED) is 0.505. The van der Waals surface area contributed by atoms with Crippen molar-refractivity contribution in [2.45, 2.75) is 73.1 Å². The van der Waals surface area contributed by atoms with Crippen LogP contribution in [0.15, 0.2) is 24.8 Å². The Morgan fingerprint density at radius 3 is 2.55 bits per heavy atom. The summed E-state index contributed by atoms with van der Waals surface area (Å²) in [5.41, 5.74) is 2.34. The van der Waals surface area contributed by atoms with E-state index in [2.05, 4.69) is 53.9 Å². The lowest BCUT2D eigenvalue weighted by Crippen LogP contribution is -2.23. The topological polar surface area (TPSA) is 0 Å². The van der Waals surface area contributed by atoms with Gasteiger partial charge in [-0.05, 0) is 67.6 Å². The summed E-state index contributed by atoms with van der Waals surface area (Å²) in [6.45, 7) is 18.2. The number of hydrogen-bond acceptors (Lipinski definition) is 0. The molecule has 116 valence electrons. The van der Waals surface area contributed by atoms with Crippen LogP contribution < -0.4 is 0 Å². The fourth-order valence-electron chi connectivity index (χ4n) is 3.92. The van der Waals surface area contributed by atoms with E-state index >= 15 is 0 Å². The summed E-state index contributed by atoms with van der Waals surface area (Å²) >= 11 is 0. The van der Waals surface area contributed by atoms with E-state index in [1.165, 1.54) is 38.5 Å². The second-order valence-electron chi connectivity index (χ2n) is 7.84. The van der Waals surface area contributed by atoms with Crippen molar-refractivity contribution in [2.24, 2.45) is 29.1 Å². The highest BCUT2D eigenvalue weighted by atomic mass is 14.4. The number of allylic oxidation sites excluding steroid dienone is 2. The van der Waals surface area contributed by atoms with Gasteiger partial charge in [-0.3, -0.25) is 0 Å². The highest BCUT2D eigenvalue weighted by Crippen LogP contribution is 2.49. The molecule has 0 aliphatic heterocycles. The van der Waals surface area contributed by atoms with Crippen LogP contribution in [0, 0.1) is 29.1 Å². The second kappa shape index (κ2) is 7.48. The smallest absolute Gasteiger partial charge is 0.0172 e. The third kappa shape index (κ3) is 3.99.